The van der Waals surface area contributed by atoms with Crippen LogP contribution in [0.3, 0.4) is 0 Å². The Morgan fingerprint density at radius 3 is 2.57 bits per heavy atom. The third kappa shape index (κ3) is 4.27. The van der Waals surface area contributed by atoms with Crippen LogP contribution in [0.1, 0.15) is 24.5 Å². The van der Waals surface area contributed by atoms with E-state index >= 15 is 0 Å². The number of hydrogen-bond donors (Lipinski definition) is 0. The molecule has 0 N–H and O–H groups in total. The quantitative estimate of drug-likeness (QED) is 0.687. The molecule has 1 amide bonds. The van der Waals surface area contributed by atoms with Gasteiger partial charge in [-0.25, -0.2) is 0 Å². The van der Waals surface area contributed by atoms with Crippen LogP contribution in [0.15, 0.2) is 42.5 Å². The molecule has 6 nitrogen and oxygen atoms in total. The van der Waals surface area contributed by atoms with Crippen molar-refractivity contribution in [2.24, 2.45) is 0 Å². The van der Waals surface area contributed by atoms with Gasteiger partial charge >= 0.3 is 5.97 Å². The van der Waals surface area contributed by atoms with E-state index in [1.807, 2.05) is 36.4 Å². The number of nitrogens with zero attached hydrogens (tertiary/aromatic N) is 1. The van der Waals surface area contributed by atoms with Crippen molar-refractivity contribution in [3.63, 3.8) is 0 Å². The Labute approximate surface area is 165 Å². The summed E-state index contributed by atoms with van der Waals surface area (Å²) in [6.45, 7) is 2.24. The third-order valence-corrected chi connectivity index (χ3v) is 4.87. The van der Waals surface area contributed by atoms with Crippen molar-refractivity contribution in [3.05, 3.63) is 53.6 Å². The Morgan fingerprint density at radius 1 is 1.07 bits per heavy atom. The number of rotatable bonds is 7. The van der Waals surface area contributed by atoms with Crippen molar-refractivity contribution in [2.75, 3.05) is 25.7 Å². The summed E-state index contributed by atoms with van der Waals surface area (Å²) in [6.07, 6.45) is 0.683. The number of esters is 1. The van der Waals surface area contributed by atoms with Crippen LogP contribution in [0.25, 0.3) is 0 Å². The van der Waals surface area contributed by atoms with Crippen LogP contribution >= 0.6 is 0 Å². The molecule has 28 heavy (non-hydrogen) atoms. The van der Waals surface area contributed by atoms with Crippen LogP contribution in [-0.2, 0) is 27.2 Å². The van der Waals surface area contributed by atoms with E-state index in [2.05, 4.69) is 0 Å². The highest BCUT2D eigenvalue weighted by Crippen LogP contribution is 2.29. The van der Waals surface area contributed by atoms with E-state index in [-0.39, 0.29) is 12.3 Å². The van der Waals surface area contributed by atoms with Gasteiger partial charge in [-0.2, -0.15) is 0 Å². The van der Waals surface area contributed by atoms with Crippen molar-refractivity contribution < 1.29 is 23.8 Å². The fraction of sp³-hybridized carbons (Fsp3) is 0.364. The van der Waals surface area contributed by atoms with Gasteiger partial charge in [0.1, 0.15) is 0 Å². The molecular formula is C22H25NO5. The summed E-state index contributed by atoms with van der Waals surface area (Å²) in [4.78, 5) is 26.6. The van der Waals surface area contributed by atoms with Gasteiger partial charge in [-0.15, -0.1) is 0 Å². The van der Waals surface area contributed by atoms with E-state index in [9.17, 15) is 9.59 Å². The van der Waals surface area contributed by atoms with Gasteiger partial charge in [0.2, 0.25) is 0 Å². The molecule has 0 saturated carbocycles. The number of benzene rings is 2. The minimum absolute atomic E-state index is 0.184. The zero-order valence-electron chi connectivity index (χ0n) is 16.4. The molecule has 0 saturated heterocycles. The van der Waals surface area contributed by atoms with Crippen molar-refractivity contribution >= 4 is 17.6 Å². The van der Waals surface area contributed by atoms with Gasteiger partial charge in [-0.1, -0.05) is 24.3 Å². The van der Waals surface area contributed by atoms with Crippen molar-refractivity contribution in [3.8, 4) is 11.5 Å². The maximum Gasteiger partial charge on any atom is 0.306 e. The average Bonchev–Trinajstić information content (AvgIpc) is 3.15. The number of anilines is 1. The van der Waals surface area contributed by atoms with E-state index in [0.717, 1.165) is 23.2 Å². The summed E-state index contributed by atoms with van der Waals surface area (Å²) in [5.74, 6) is 0.663. The van der Waals surface area contributed by atoms with Crippen LogP contribution < -0.4 is 14.4 Å². The summed E-state index contributed by atoms with van der Waals surface area (Å²) >= 11 is 0. The van der Waals surface area contributed by atoms with E-state index in [0.29, 0.717) is 24.5 Å². The van der Waals surface area contributed by atoms with Crippen molar-refractivity contribution in [2.45, 2.75) is 32.3 Å². The highest BCUT2D eigenvalue weighted by atomic mass is 16.5. The van der Waals surface area contributed by atoms with Gasteiger partial charge in [0.05, 0.1) is 14.2 Å². The molecule has 1 atom stereocenters. The maximum absolute atomic E-state index is 12.7. The third-order valence-electron chi connectivity index (χ3n) is 4.87. The standard InChI is InChI=1S/C22H25NO5/c1-15(22(25)23-13-12-17-6-4-5-7-18(17)23)28-21(24)11-9-16-8-10-19(26-2)20(14-16)27-3/h4-8,10,14-15H,9,11-13H2,1-3H3/t15-/m1/s1. The van der Waals surface area contributed by atoms with Gasteiger partial charge in [-0.05, 0) is 49.1 Å². The number of ether oxygens (including phenoxy) is 3. The number of aryl methyl sites for hydroxylation is 1. The first-order valence-electron chi connectivity index (χ1n) is 9.33. The highest BCUT2D eigenvalue weighted by molar-refractivity contribution is 5.99. The molecular weight excluding hydrogens is 358 g/mol. The molecule has 0 aromatic heterocycles. The van der Waals surface area contributed by atoms with E-state index in [1.54, 1.807) is 32.1 Å². The zero-order valence-corrected chi connectivity index (χ0v) is 16.4. The average molecular weight is 383 g/mol. The van der Waals surface area contributed by atoms with Crippen LogP contribution in [0, 0.1) is 0 Å². The summed E-state index contributed by atoms with van der Waals surface area (Å²) < 4.78 is 15.9. The predicted octanol–water partition coefficient (Wildman–Crippen LogP) is 3.16. The monoisotopic (exact) mass is 383 g/mol. The lowest BCUT2D eigenvalue weighted by Crippen LogP contribution is -2.39. The van der Waals surface area contributed by atoms with E-state index in [4.69, 9.17) is 14.2 Å². The zero-order chi connectivity index (χ0) is 20.1. The first-order chi connectivity index (χ1) is 13.5. The molecule has 0 fully saturated rings. The number of amides is 1. The molecule has 1 heterocycles. The second kappa shape index (κ2) is 8.78. The number of carbonyl (C=O) groups is 2. The molecule has 1 aliphatic rings. The summed E-state index contributed by atoms with van der Waals surface area (Å²) in [7, 11) is 3.14. The van der Waals surface area contributed by atoms with Gasteiger partial charge in [-0.3, -0.25) is 9.59 Å². The predicted molar refractivity (Wildman–Crippen MR) is 106 cm³/mol. The molecule has 2 aromatic carbocycles. The minimum Gasteiger partial charge on any atom is -0.493 e. The summed E-state index contributed by atoms with van der Waals surface area (Å²) in [5, 5.41) is 0. The molecule has 0 spiro atoms. The molecule has 0 radical (unpaired) electrons. The summed E-state index contributed by atoms with van der Waals surface area (Å²) in [5.41, 5.74) is 2.98. The first kappa shape index (κ1) is 19.7. The SMILES string of the molecule is COc1ccc(CCC(=O)O[C@H](C)C(=O)N2CCc3ccccc32)cc1OC. The second-order valence-electron chi connectivity index (χ2n) is 6.69. The normalized spacial score (nSPS) is 13.6. The van der Waals surface area contributed by atoms with Gasteiger partial charge in [0, 0.05) is 18.7 Å². The van der Waals surface area contributed by atoms with Crippen molar-refractivity contribution in [1.29, 1.82) is 0 Å². The summed E-state index contributed by atoms with van der Waals surface area (Å²) in [6, 6.07) is 13.3. The fourth-order valence-corrected chi connectivity index (χ4v) is 3.38. The van der Waals surface area contributed by atoms with Crippen LogP contribution in [0.2, 0.25) is 0 Å². The van der Waals surface area contributed by atoms with Crippen LogP contribution in [0.4, 0.5) is 5.69 Å². The topological polar surface area (TPSA) is 65.1 Å². The lowest BCUT2D eigenvalue weighted by molar-refractivity contribution is -0.153. The van der Waals surface area contributed by atoms with Crippen LogP contribution in [-0.4, -0.2) is 38.7 Å². The van der Waals surface area contributed by atoms with Gasteiger partial charge < -0.3 is 19.1 Å². The van der Waals surface area contributed by atoms with Crippen LogP contribution in [0.5, 0.6) is 11.5 Å². The number of methoxy groups -OCH3 is 2. The molecule has 0 aliphatic carbocycles. The number of fused-ring (bicyclic) bond motifs is 1. The Bertz CT molecular complexity index is 864. The number of carbonyl (C=O) groups excluding carboxylic acids is 2. The molecule has 3 rings (SSSR count). The Morgan fingerprint density at radius 2 is 1.82 bits per heavy atom. The molecule has 1 aliphatic heterocycles. The molecule has 0 unspecified atom stereocenters. The minimum atomic E-state index is -0.816. The molecule has 2 aromatic rings. The lowest BCUT2D eigenvalue weighted by Gasteiger charge is -2.21. The molecule has 148 valence electrons. The largest absolute Gasteiger partial charge is 0.493 e. The Balaban J connectivity index is 1.54. The smallest absolute Gasteiger partial charge is 0.306 e. The van der Waals surface area contributed by atoms with Crippen molar-refractivity contribution in [1.82, 2.24) is 0 Å². The van der Waals surface area contributed by atoms with E-state index < -0.39 is 12.1 Å². The Kier molecular flexibility index (Phi) is 6.19. The van der Waals surface area contributed by atoms with E-state index in [1.165, 1.54) is 0 Å². The second-order valence-corrected chi connectivity index (χ2v) is 6.69. The molecule has 0 bridgehead atoms. The first-order valence-corrected chi connectivity index (χ1v) is 9.33. The van der Waals surface area contributed by atoms with Gasteiger partial charge in [0.15, 0.2) is 17.6 Å². The Hall–Kier alpha value is -3.02. The lowest BCUT2D eigenvalue weighted by atomic mass is 10.1. The van der Waals surface area contributed by atoms with Gasteiger partial charge in [0.25, 0.3) is 5.91 Å². The molecule has 6 heteroatoms. The highest BCUT2D eigenvalue weighted by Gasteiger charge is 2.29. The number of hydrogen-bond acceptors (Lipinski definition) is 5. The fourth-order valence-electron chi connectivity index (χ4n) is 3.38. The number of para-hydroxylation sites is 1. The maximum atomic E-state index is 12.7.